The fraction of sp³-hybridized carbons (Fsp3) is 0.417. The van der Waals surface area contributed by atoms with Crippen molar-refractivity contribution in [3.63, 3.8) is 0 Å². The summed E-state index contributed by atoms with van der Waals surface area (Å²) in [6.07, 6.45) is 0. The van der Waals surface area contributed by atoms with Crippen LogP contribution in [0.25, 0.3) is 10.2 Å². The molecule has 33 heavy (non-hydrogen) atoms. The maximum absolute atomic E-state index is 13.2. The molecule has 1 fully saturated rings. The lowest BCUT2D eigenvalue weighted by molar-refractivity contribution is -0.120. The summed E-state index contributed by atoms with van der Waals surface area (Å²) in [5.41, 5.74) is 3.31. The highest BCUT2D eigenvalue weighted by Gasteiger charge is 2.22. The minimum absolute atomic E-state index is 0. The maximum atomic E-state index is 13.2. The van der Waals surface area contributed by atoms with Crippen LogP contribution >= 0.6 is 23.7 Å². The van der Waals surface area contributed by atoms with E-state index < -0.39 is 0 Å². The summed E-state index contributed by atoms with van der Waals surface area (Å²) in [6.45, 7) is 8.65. The van der Waals surface area contributed by atoms with Gasteiger partial charge in [-0.25, -0.2) is 4.98 Å². The molecule has 178 valence electrons. The first-order chi connectivity index (χ1) is 15.5. The molecule has 0 N–H and O–H groups in total. The van der Waals surface area contributed by atoms with Gasteiger partial charge in [-0.1, -0.05) is 17.4 Å². The number of carbonyl (C=O) groups is 1. The molecule has 9 heteroatoms. The molecule has 0 unspecified atom stereocenters. The number of fused-ring (bicyclic) bond motifs is 1. The molecular formula is C24H30ClN3O4S. The van der Waals surface area contributed by atoms with E-state index in [2.05, 4.69) is 30.9 Å². The Hall–Kier alpha value is -2.39. The number of rotatable bonds is 8. The number of hydrogen-bond donors (Lipinski definition) is 0. The average molecular weight is 492 g/mol. The molecule has 0 aliphatic carbocycles. The smallest absolute Gasteiger partial charge is 0.266 e. The first-order valence-electron chi connectivity index (χ1n) is 10.8. The van der Waals surface area contributed by atoms with Crippen LogP contribution in [-0.4, -0.2) is 68.9 Å². The second kappa shape index (κ2) is 11.7. The van der Waals surface area contributed by atoms with Crippen LogP contribution < -0.4 is 14.4 Å². The highest BCUT2D eigenvalue weighted by molar-refractivity contribution is 7.22. The molecule has 1 saturated heterocycles. The number of hydrogen-bond acceptors (Lipinski definition) is 7. The van der Waals surface area contributed by atoms with Crippen LogP contribution in [-0.2, 0) is 9.53 Å². The van der Waals surface area contributed by atoms with Crippen LogP contribution in [0.4, 0.5) is 5.13 Å². The third-order valence-electron chi connectivity index (χ3n) is 5.77. The van der Waals surface area contributed by atoms with Crippen molar-refractivity contribution in [2.24, 2.45) is 0 Å². The number of methoxy groups -OCH3 is 1. The molecule has 7 nitrogen and oxygen atoms in total. The van der Waals surface area contributed by atoms with E-state index in [0.29, 0.717) is 17.4 Å². The van der Waals surface area contributed by atoms with Gasteiger partial charge in [0.1, 0.15) is 11.5 Å². The highest BCUT2D eigenvalue weighted by atomic mass is 35.5. The van der Waals surface area contributed by atoms with E-state index in [0.717, 1.165) is 54.4 Å². The van der Waals surface area contributed by atoms with Crippen molar-refractivity contribution in [1.82, 2.24) is 9.88 Å². The number of morpholine rings is 1. The monoisotopic (exact) mass is 491 g/mol. The van der Waals surface area contributed by atoms with Gasteiger partial charge in [-0.2, -0.15) is 0 Å². The lowest BCUT2D eigenvalue weighted by Gasteiger charge is -2.29. The number of aromatic nitrogens is 1. The Balaban J connectivity index is 0.00000306. The zero-order chi connectivity index (χ0) is 22.5. The van der Waals surface area contributed by atoms with E-state index in [-0.39, 0.29) is 24.9 Å². The van der Waals surface area contributed by atoms with Gasteiger partial charge in [0.25, 0.3) is 5.91 Å². The van der Waals surface area contributed by atoms with E-state index in [9.17, 15) is 4.79 Å². The molecule has 0 saturated carbocycles. The number of halogens is 1. The first-order valence-corrected chi connectivity index (χ1v) is 11.6. The summed E-state index contributed by atoms with van der Waals surface area (Å²) in [5.74, 6) is 1.27. The van der Waals surface area contributed by atoms with Crippen molar-refractivity contribution in [2.75, 3.05) is 58.0 Å². The SMILES string of the molecule is COc1ccc(OCC(=O)N(CCN2CCOCC2)c2nc3c(C)c(C)ccc3s2)cc1.Cl. The van der Waals surface area contributed by atoms with Crippen LogP contribution in [0.5, 0.6) is 11.5 Å². The van der Waals surface area contributed by atoms with Gasteiger partial charge in [0, 0.05) is 26.2 Å². The van der Waals surface area contributed by atoms with Crippen molar-refractivity contribution in [3.05, 3.63) is 47.5 Å². The molecule has 1 aromatic heterocycles. The minimum Gasteiger partial charge on any atom is -0.497 e. The van der Waals surface area contributed by atoms with Gasteiger partial charge in [-0.15, -0.1) is 12.4 Å². The van der Waals surface area contributed by atoms with Crippen molar-refractivity contribution in [1.29, 1.82) is 0 Å². The number of thiazole rings is 1. The van der Waals surface area contributed by atoms with E-state index in [1.165, 1.54) is 5.56 Å². The molecule has 0 bridgehead atoms. The van der Waals surface area contributed by atoms with Crippen molar-refractivity contribution in [2.45, 2.75) is 13.8 Å². The molecule has 2 aromatic carbocycles. The third kappa shape index (κ3) is 6.14. The topological polar surface area (TPSA) is 64.1 Å². The molecule has 2 heterocycles. The van der Waals surface area contributed by atoms with Gasteiger partial charge < -0.3 is 14.2 Å². The van der Waals surface area contributed by atoms with Crippen LogP contribution in [0.1, 0.15) is 11.1 Å². The minimum atomic E-state index is -0.109. The maximum Gasteiger partial charge on any atom is 0.266 e. The molecule has 0 radical (unpaired) electrons. The number of aryl methyl sites for hydroxylation is 2. The Kier molecular flexibility index (Phi) is 8.91. The van der Waals surface area contributed by atoms with E-state index in [1.54, 1.807) is 35.5 Å². The number of carbonyl (C=O) groups excluding carboxylic acids is 1. The van der Waals surface area contributed by atoms with Crippen LogP contribution in [0.15, 0.2) is 36.4 Å². The lowest BCUT2D eigenvalue weighted by atomic mass is 10.1. The average Bonchev–Trinajstić information content (AvgIpc) is 3.26. The van der Waals surface area contributed by atoms with Crippen LogP contribution in [0.3, 0.4) is 0 Å². The Morgan fingerprint density at radius 2 is 1.82 bits per heavy atom. The van der Waals surface area contributed by atoms with Crippen molar-refractivity contribution in [3.8, 4) is 11.5 Å². The second-order valence-electron chi connectivity index (χ2n) is 7.81. The van der Waals surface area contributed by atoms with Gasteiger partial charge in [0.05, 0.1) is 30.5 Å². The zero-order valence-corrected chi connectivity index (χ0v) is 20.8. The lowest BCUT2D eigenvalue weighted by Crippen LogP contribution is -2.44. The number of amides is 1. The zero-order valence-electron chi connectivity index (χ0n) is 19.2. The van der Waals surface area contributed by atoms with Crippen molar-refractivity contribution >= 4 is 45.0 Å². The van der Waals surface area contributed by atoms with Gasteiger partial charge in [0.15, 0.2) is 11.7 Å². The first kappa shape index (κ1) is 25.2. The summed E-state index contributed by atoms with van der Waals surface area (Å²) in [4.78, 5) is 22.2. The fourth-order valence-corrected chi connectivity index (χ4v) is 4.69. The van der Waals surface area contributed by atoms with E-state index >= 15 is 0 Å². The molecule has 1 amide bonds. The molecule has 0 spiro atoms. The van der Waals surface area contributed by atoms with Crippen molar-refractivity contribution < 1.29 is 19.0 Å². The summed E-state index contributed by atoms with van der Waals surface area (Å²) in [6, 6.07) is 11.4. The molecular weight excluding hydrogens is 462 g/mol. The Morgan fingerprint density at radius 1 is 1.12 bits per heavy atom. The summed E-state index contributed by atoms with van der Waals surface area (Å²) < 4.78 is 17.5. The van der Waals surface area contributed by atoms with Crippen LogP contribution in [0.2, 0.25) is 0 Å². The molecule has 0 atom stereocenters. The fourth-order valence-electron chi connectivity index (χ4n) is 3.62. The van der Waals surface area contributed by atoms with Crippen LogP contribution in [0, 0.1) is 13.8 Å². The largest absolute Gasteiger partial charge is 0.497 e. The Morgan fingerprint density at radius 3 is 2.52 bits per heavy atom. The predicted molar refractivity (Wildman–Crippen MR) is 134 cm³/mol. The molecule has 1 aliphatic rings. The number of anilines is 1. The molecule has 4 rings (SSSR count). The van der Waals surface area contributed by atoms with E-state index in [4.69, 9.17) is 19.2 Å². The van der Waals surface area contributed by atoms with Gasteiger partial charge in [0.2, 0.25) is 0 Å². The number of benzene rings is 2. The number of ether oxygens (including phenoxy) is 3. The van der Waals surface area contributed by atoms with E-state index in [1.807, 2.05) is 12.1 Å². The third-order valence-corrected chi connectivity index (χ3v) is 6.81. The summed E-state index contributed by atoms with van der Waals surface area (Å²) in [7, 11) is 1.62. The van der Waals surface area contributed by atoms with Gasteiger partial charge in [-0.05, 0) is 55.3 Å². The highest BCUT2D eigenvalue weighted by Crippen LogP contribution is 2.32. The predicted octanol–water partition coefficient (Wildman–Crippen LogP) is 4.09. The van der Waals surface area contributed by atoms with Gasteiger partial charge >= 0.3 is 0 Å². The Bertz CT molecular complexity index is 1070. The summed E-state index contributed by atoms with van der Waals surface area (Å²) in [5, 5.41) is 0.713. The molecule has 1 aliphatic heterocycles. The normalized spacial score (nSPS) is 14.0. The van der Waals surface area contributed by atoms with Gasteiger partial charge in [-0.3, -0.25) is 14.6 Å². The number of nitrogens with zero attached hydrogens (tertiary/aromatic N) is 3. The quantitative estimate of drug-likeness (QED) is 0.473. The molecule has 3 aromatic rings. The second-order valence-corrected chi connectivity index (χ2v) is 8.82. The summed E-state index contributed by atoms with van der Waals surface area (Å²) >= 11 is 1.55. The Labute approximate surface area is 204 Å². The standard InChI is InChI=1S/C24H29N3O4S.ClH/c1-17-4-9-21-23(18(17)2)25-24(32-21)27(11-10-26-12-14-30-15-13-26)22(28)16-31-20-7-5-19(29-3)6-8-20;/h4-9H,10-16H2,1-3H3;1H.